The van der Waals surface area contributed by atoms with Gasteiger partial charge in [0.2, 0.25) is 5.91 Å². The van der Waals surface area contributed by atoms with Crippen LogP contribution in [0.4, 0.5) is 18.9 Å². The SMILES string of the molecule is Cc1ccc(-c2cc(CC(=O)Nc3ccc(F)c(F)c3F)no2)cc1. The predicted molar refractivity (Wildman–Crippen MR) is 85.3 cm³/mol. The summed E-state index contributed by atoms with van der Waals surface area (Å²) in [5.74, 6) is -4.56. The zero-order valence-electron chi connectivity index (χ0n) is 13.1. The van der Waals surface area contributed by atoms with Gasteiger partial charge in [0.05, 0.1) is 17.8 Å². The summed E-state index contributed by atoms with van der Waals surface area (Å²) >= 11 is 0. The van der Waals surface area contributed by atoms with Crippen LogP contribution in [0.1, 0.15) is 11.3 Å². The van der Waals surface area contributed by atoms with Gasteiger partial charge in [-0.2, -0.15) is 0 Å². The summed E-state index contributed by atoms with van der Waals surface area (Å²) in [6, 6.07) is 10.8. The van der Waals surface area contributed by atoms with Crippen LogP contribution in [0, 0.1) is 24.4 Å². The van der Waals surface area contributed by atoms with Gasteiger partial charge in [-0.25, -0.2) is 13.2 Å². The van der Waals surface area contributed by atoms with Gasteiger partial charge in [0.25, 0.3) is 0 Å². The van der Waals surface area contributed by atoms with E-state index in [4.69, 9.17) is 4.52 Å². The van der Waals surface area contributed by atoms with Gasteiger partial charge in [-0.15, -0.1) is 0 Å². The zero-order chi connectivity index (χ0) is 18.0. The second-order valence-electron chi connectivity index (χ2n) is 5.50. The van der Waals surface area contributed by atoms with Gasteiger partial charge in [0, 0.05) is 11.6 Å². The highest BCUT2D eigenvalue weighted by Gasteiger charge is 2.16. The van der Waals surface area contributed by atoms with E-state index >= 15 is 0 Å². The van der Waals surface area contributed by atoms with E-state index in [1.165, 1.54) is 0 Å². The van der Waals surface area contributed by atoms with Crippen LogP contribution in [0.2, 0.25) is 0 Å². The molecule has 0 aliphatic heterocycles. The first kappa shape index (κ1) is 16.8. The maximum atomic E-state index is 13.6. The van der Waals surface area contributed by atoms with Crippen molar-refractivity contribution in [2.24, 2.45) is 0 Å². The monoisotopic (exact) mass is 346 g/mol. The number of aromatic nitrogens is 1. The smallest absolute Gasteiger partial charge is 0.230 e. The molecule has 1 amide bonds. The number of aryl methyl sites for hydroxylation is 1. The quantitative estimate of drug-likeness (QED) is 0.719. The average Bonchev–Trinajstić information content (AvgIpc) is 3.04. The van der Waals surface area contributed by atoms with Crippen molar-refractivity contribution >= 4 is 11.6 Å². The first-order chi connectivity index (χ1) is 11.9. The second-order valence-corrected chi connectivity index (χ2v) is 5.50. The molecule has 1 N–H and O–H groups in total. The van der Waals surface area contributed by atoms with E-state index in [9.17, 15) is 18.0 Å². The highest BCUT2D eigenvalue weighted by molar-refractivity contribution is 5.92. The molecule has 4 nitrogen and oxygen atoms in total. The van der Waals surface area contributed by atoms with Gasteiger partial charge in [-0.05, 0) is 19.1 Å². The Balaban J connectivity index is 1.70. The van der Waals surface area contributed by atoms with Gasteiger partial charge in [0.1, 0.15) is 0 Å². The molecule has 0 unspecified atom stereocenters. The van der Waals surface area contributed by atoms with E-state index in [0.29, 0.717) is 11.5 Å². The van der Waals surface area contributed by atoms with Crippen LogP contribution in [0.3, 0.4) is 0 Å². The van der Waals surface area contributed by atoms with Gasteiger partial charge in [0.15, 0.2) is 23.2 Å². The minimum atomic E-state index is -1.64. The molecular weight excluding hydrogens is 333 g/mol. The van der Waals surface area contributed by atoms with E-state index < -0.39 is 29.0 Å². The van der Waals surface area contributed by atoms with Gasteiger partial charge >= 0.3 is 0 Å². The Morgan fingerprint density at radius 2 is 1.80 bits per heavy atom. The number of nitrogens with one attached hydrogen (secondary N) is 1. The summed E-state index contributed by atoms with van der Waals surface area (Å²) in [5.41, 5.74) is 1.79. The summed E-state index contributed by atoms with van der Waals surface area (Å²) in [5, 5.41) is 5.97. The Bertz CT molecular complexity index is 921. The number of halogens is 3. The molecule has 0 spiro atoms. The maximum Gasteiger partial charge on any atom is 0.230 e. The molecule has 0 saturated heterocycles. The summed E-state index contributed by atoms with van der Waals surface area (Å²) in [7, 11) is 0. The molecule has 1 aromatic heterocycles. The zero-order valence-corrected chi connectivity index (χ0v) is 13.1. The van der Waals surface area contributed by atoms with Crippen molar-refractivity contribution in [2.75, 3.05) is 5.32 Å². The van der Waals surface area contributed by atoms with Gasteiger partial charge in [-0.1, -0.05) is 35.0 Å². The van der Waals surface area contributed by atoms with Crippen LogP contribution >= 0.6 is 0 Å². The van der Waals surface area contributed by atoms with E-state index in [1.54, 1.807) is 6.07 Å². The fraction of sp³-hybridized carbons (Fsp3) is 0.111. The lowest BCUT2D eigenvalue weighted by atomic mass is 10.1. The Morgan fingerprint density at radius 3 is 2.52 bits per heavy atom. The highest BCUT2D eigenvalue weighted by atomic mass is 19.2. The molecule has 0 aliphatic carbocycles. The molecule has 25 heavy (non-hydrogen) atoms. The van der Waals surface area contributed by atoms with Crippen molar-refractivity contribution in [3.63, 3.8) is 0 Å². The summed E-state index contributed by atoms with van der Waals surface area (Å²) in [4.78, 5) is 11.9. The number of anilines is 1. The van der Waals surface area contributed by atoms with Crippen LogP contribution < -0.4 is 5.32 Å². The molecule has 0 saturated carbocycles. The number of hydrogen-bond acceptors (Lipinski definition) is 3. The molecule has 128 valence electrons. The summed E-state index contributed by atoms with van der Waals surface area (Å²) in [6.45, 7) is 1.96. The van der Waals surface area contributed by atoms with E-state index in [-0.39, 0.29) is 6.42 Å². The van der Waals surface area contributed by atoms with Crippen LogP contribution in [0.5, 0.6) is 0 Å². The number of rotatable bonds is 4. The third-order valence-corrected chi connectivity index (χ3v) is 3.55. The normalized spacial score (nSPS) is 10.7. The summed E-state index contributed by atoms with van der Waals surface area (Å²) < 4.78 is 44.8. The number of amides is 1. The standard InChI is InChI=1S/C18H13F3N2O2/c1-10-2-4-11(5-3-10)15-8-12(23-25-15)9-16(24)22-14-7-6-13(19)17(20)18(14)21/h2-8H,9H2,1H3,(H,22,24). The Kier molecular flexibility index (Phi) is 4.56. The first-order valence-electron chi connectivity index (χ1n) is 7.40. The minimum absolute atomic E-state index is 0.201. The van der Waals surface area contributed by atoms with E-state index in [0.717, 1.165) is 23.3 Å². The van der Waals surface area contributed by atoms with Crippen LogP contribution in [0.15, 0.2) is 47.0 Å². The number of benzene rings is 2. The largest absolute Gasteiger partial charge is 0.356 e. The first-order valence-corrected chi connectivity index (χ1v) is 7.40. The molecule has 1 heterocycles. The Hall–Kier alpha value is -3.09. The molecule has 7 heteroatoms. The van der Waals surface area contributed by atoms with Crippen LogP contribution in [-0.2, 0) is 11.2 Å². The number of hydrogen-bond donors (Lipinski definition) is 1. The lowest BCUT2D eigenvalue weighted by Crippen LogP contribution is -2.16. The molecule has 0 atom stereocenters. The number of carbonyl (C=O) groups excluding carboxylic acids is 1. The molecule has 0 radical (unpaired) electrons. The van der Waals surface area contributed by atoms with Crippen molar-refractivity contribution in [1.29, 1.82) is 0 Å². The minimum Gasteiger partial charge on any atom is -0.356 e. The van der Waals surface area contributed by atoms with Crippen molar-refractivity contribution in [3.05, 3.63) is 71.2 Å². The molecule has 3 aromatic rings. The van der Waals surface area contributed by atoms with Crippen molar-refractivity contribution < 1.29 is 22.5 Å². The molecule has 0 aliphatic rings. The van der Waals surface area contributed by atoms with Gasteiger partial charge < -0.3 is 9.84 Å². The van der Waals surface area contributed by atoms with Crippen molar-refractivity contribution in [1.82, 2.24) is 5.16 Å². The lowest BCUT2D eigenvalue weighted by molar-refractivity contribution is -0.115. The fourth-order valence-corrected chi connectivity index (χ4v) is 2.23. The fourth-order valence-electron chi connectivity index (χ4n) is 2.23. The van der Waals surface area contributed by atoms with E-state index in [2.05, 4.69) is 10.5 Å². The van der Waals surface area contributed by atoms with Crippen LogP contribution in [0.25, 0.3) is 11.3 Å². The predicted octanol–water partition coefficient (Wildman–Crippen LogP) is 4.25. The van der Waals surface area contributed by atoms with Gasteiger partial charge in [-0.3, -0.25) is 4.79 Å². The van der Waals surface area contributed by atoms with E-state index in [1.807, 2.05) is 31.2 Å². The molecule has 0 bridgehead atoms. The third-order valence-electron chi connectivity index (χ3n) is 3.55. The molecule has 2 aromatic carbocycles. The summed E-state index contributed by atoms with van der Waals surface area (Å²) in [6.07, 6.45) is -0.201. The van der Waals surface area contributed by atoms with Crippen LogP contribution in [-0.4, -0.2) is 11.1 Å². The molecule has 0 fully saturated rings. The Labute approximate surface area is 141 Å². The third kappa shape index (κ3) is 3.71. The Morgan fingerprint density at radius 1 is 1.08 bits per heavy atom. The second kappa shape index (κ2) is 6.80. The molecular formula is C18H13F3N2O2. The highest BCUT2D eigenvalue weighted by Crippen LogP contribution is 2.22. The van der Waals surface area contributed by atoms with Crippen molar-refractivity contribution in [3.8, 4) is 11.3 Å². The topological polar surface area (TPSA) is 55.1 Å². The van der Waals surface area contributed by atoms with Crippen molar-refractivity contribution in [2.45, 2.75) is 13.3 Å². The molecule has 3 rings (SSSR count). The lowest BCUT2D eigenvalue weighted by Gasteiger charge is -2.06. The average molecular weight is 346 g/mol. The number of carbonyl (C=O) groups is 1. The number of nitrogens with zero attached hydrogens (tertiary/aromatic N) is 1. The maximum absolute atomic E-state index is 13.6.